The molecule has 0 saturated heterocycles. The number of benzene rings is 2. The number of rotatable bonds is 6. The minimum atomic E-state index is -0.431. The molecule has 2 aromatic carbocycles. The van der Waals surface area contributed by atoms with E-state index >= 15 is 0 Å². The Kier molecular flexibility index (Phi) is 5.70. The highest BCUT2D eigenvalue weighted by molar-refractivity contribution is 7.18. The highest BCUT2D eigenvalue weighted by Crippen LogP contribution is 2.33. The van der Waals surface area contributed by atoms with Gasteiger partial charge in [-0.25, -0.2) is 4.98 Å². The van der Waals surface area contributed by atoms with Crippen LogP contribution in [0.25, 0.3) is 10.2 Å². The fourth-order valence-electron chi connectivity index (χ4n) is 3.91. The summed E-state index contributed by atoms with van der Waals surface area (Å²) in [7, 11) is 0. The summed E-state index contributed by atoms with van der Waals surface area (Å²) in [5.41, 5.74) is 2.65. The Bertz CT molecular complexity index is 1420. The van der Waals surface area contributed by atoms with Crippen LogP contribution in [-0.2, 0) is 19.4 Å². The molecule has 9 heteroatoms. The molecule has 1 aliphatic carbocycles. The van der Waals surface area contributed by atoms with Crippen LogP contribution < -0.4 is 10.3 Å². The minimum Gasteiger partial charge on any atom is -0.489 e. The molecule has 4 aromatic rings. The molecule has 0 unspecified atom stereocenters. The number of fused-ring (bicyclic) bond motifs is 3. The van der Waals surface area contributed by atoms with Crippen molar-refractivity contribution >= 4 is 33.5 Å². The van der Waals surface area contributed by atoms with Crippen molar-refractivity contribution in [2.45, 2.75) is 32.3 Å². The Labute approximate surface area is 192 Å². The van der Waals surface area contributed by atoms with E-state index in [0.29, 0.717) is 11.1 Å². The lowest BCUT2D eigenvalue weighted by Crippen LogP contribution is -2.18. The van der Waals surface area contributed by atoms with E-state index in [1.54, 1.807) is 29.7 Å². The number of nitro benzene ring substituents is 1. The van der Waals surface area contributed by atoms with Gasteiger partial charge in [-0.3, -0.25) is 14.9 Å². The van der Waals surface area contributed by atoms with Gasteiger partial charge in [0.1, 0.15) is 23.5 Å². The van der Waals surface area contributed by atoms with Gasteiger partial charge in [-0.2, -0.15) is 9.78 Å². The maximum atomic E-state index is 13.0. The number of nitro groups is 1. The van der Waals surface area contributed by atoms with E-state index in [-0.39, 0.29) is 17.9 Å². The minimum absolute atomic E-state index is 0.0443. The summed E-state index contributed by atoms with van der Waals surface area (Å²) in [6, 6.07) is 13.6. The number of hydrogen-bond donors (Lipinski definition) is 0. The van der Waals surface area contributed by atoms with Crippen LogP contribution in [0.5, 0.6) is 5.75 Å². The second-order valence-electron chi connectivity index (χ2n) is 7.81. The average molecular weight is 461 g/mol. The highest BCUT2D eigenvalue weighted by Gasteiger charge is 2.19. The predicted octanol–water partition coefficient (Wildman–Crippen LogP) is 4.71. The van der Waals surface area contributed by atoms with Crippen LogP contribution in [0, 0.1) is 10.1 Å². The fourth-order valence-corrected chi connectivity index (χ4v) is 5.13. The molecule has 166 valence electrons. The van der Waals surface area contributed by atoms with Crippen molar-refractivity contribution in [1.29, 1.82) is 0 Å². The van der Waals surface area contributed by atoms with Crippen molar-refractivity contribution in [3.63, 3.8) is 0 Å². The van der Waals surface area contributed by atoms with Crippen molar-refractivity contribution in [3.8, 4) is 5.75 Å². The first-order valence-corrected chi connectivity index (χ1v) is 11.4. The average Bonchev–Trinajstić information content (AvgIpc) is 3.22. The molecule has 0 fully saturated rings. The van der Waals surface area contributed by atoms with Gasteiger partial charge in [0.05, 0.1) is 16.5 Å². The van der Waals surface area contributed by atoms with Crippen LogP contribution in [0.2, 0.25) is 0 Å². The summed E-state index contributed by atoms with van der Waals surface area (Å²) in [4.78, 5) is 29.9. The lowest BCUT2D eigenvalue weighted by Gasteiger charge is -2.09. The van der Waals surface area contributed by atoms with Gasteiger partial charge in [-0.05, 0) is 66.6 Å². The summed E-state index contributed by atoms with van der Waals surface area (Å²) in [6.07, 6.45) is 7.28. The molecule has 33 heavy (non-hydrogen) atoms. The van der Waals surface area contributed by atoms with Crippen molar-refractivity contribution in [2.75, 3.05) is 0 Å². The monoisotopic (exact) mass is 460 g/mol. The molecule has 2 heterocycles. The zero-order valence-electron chi connectivity index (χ0n) is 17.6. The zero-order chi connectivity index (χ0) is 22.8. The van der Waals surface area contributed by atoms with E-state index in [4.69, 9.17) is 4.74 Å². The molecular formula is C24H20N4O4S. The summed E-state index contributed by atoms with van der Waals surface area (Å²) in [5.74, 6) is 0.630. The van der Waals surface area contributed by atoms with Crippen LogP contribution in [0.1, 0.15) is 34.4 Å². The molecule has 0 N–H and O–H groups in total. The third-order valence-electron chi connectivity index (χ3n) is 5.60. The number of non-ortho nitro benzene ring substituents is 1. The van der Waals surface area contributed by atoms with Crippen LogP contribution in [-0.4, -0.2) is 20.8 Å². The number of hydrogen-bond acceptors (Lipinski definition) is 7. The number of nitrogens with zero attached hydrogens (tertiary/aromatic N) is 4. The van der Waals surface area contributed by atoms with Crippen LogP contribution in [0.4, 0.5) is 5.69 Å². The maximum absolute atomic E-state index is 13.0. The molecule has 0 spiro atoms. The Hall–Kier alpha value is -3.85. The van der Waals surface area contributed by atoms with Crippen LogP contribution in [0.15, 0.2) is 64.8 Å². The first-order valence-electron chi connectivity index (χ1n) is 10.6. The van der Waals surface area contributed by atoms with E-state index in [1.165, 1.54) is 28.0 Å². The quantitative estimate of drug-likeness (QED) is 0.236. The summed E-state index contributed by atoms with van der Waals surface area (Å²) in [5, 5.41) is 15.8. The largest absolute Gasteiger partial charge is 0.489 e. The molecule has 0 aliphatic heterocycles. The van der Waals surface area contributed by atoms with Crippen molar-refractivity contribution in [1.82, 2.24) is 9.66 Å². The van der Waals surface area contributed by atoms with Gasteiger partial charge in [0.15, 0.2) is 0 Å². The molecule has 0 bridgehead atoms. The van der Waals surface area contributed by atoms with Gasteiger partial charge in [0, 0.05) is 17.0 Å². The van der Waals surface area contributed by atoms with Gasteiger partial charge < -0.3 is 4.74 Å². The molecule has 5 rings (SSSR count). The van der Waals surface area contributed by atoms with Gasteiger partial charge in [0.2, 0.25) is 0 Å². The topological polar surface area (TPSA) is 99.6 Å². The third kappa shape index (κ3) is 4.40. The molecular weight excluding hydrogens is 440 g/mol. The molecule has 0 amide bonds. The van der Waals surface area contributed by atoms with Crippen molar-refractivity contribution in [3.05, 3.63) is 96.9 Å². The number of aryl methyl sites for hydroxylation is 2. The van der Waals surface area contributed by atoms with E-state index in [1.807, 2.05) is 24.3 Å². The Balaban J connectivity index is 1.32. The molecule has 0 radical (unpaired) electrons. The van der Waals surface area contributed by atoms with E-state index in [2.05, 4.69) is 10.1 Å². The SMILES string of the molecule is O=c1c2c3c(sc2ncn1/N=C\c1cccc(OCc2ccc([N+](=O)[O-])cc2)c1)CCCC3. The predicted molar refractivity (Wildman–Crippen MR) is 127 cm³/mol. The molecule has 0 saturated carbocycles. The van der Waals surface area contributed by atoms with Crippen LogP contribution in [0.3, 0.4) is 0 Å². The van der Waals surface area contributed by atoms with Crippen molar-refractivity contribution in [2.24, 2.45) is 5.10 Å². The molecule has 2 aromatic heterocycles. The first kappa shape index (κ1) is 21.0. The van der Waals surface area contributed by atoms with Gasteiger partial charge in [-0.15, -0.1) is 11.3 Å². The first-order chi connectivity index (χ1) is 16.1. The number of ether oxygens (including phenoxy) is 1. The van der Waals surface area contributed by atoms with Crippen molar-refractivity contribution < 1.29 is 9.66 Å². The fraction of sp³-hybridized carbons (Fsp3) is 0.208. The van der Waals surface area contributed by atoms with Crippen LogP contribution >= 0.6 is 11.3 Å². The van der Waals surface area contributed by atoms with E-state index in [0.717, 1.165) is 47.2 Å². The van der Waals surface area contributed by atoms with Gasteiger partial charge >= 0.3 is 0 Å². The standard InChI is InChI=1S/C24H20N4O4S/c29-24-22-20-6-1-2-7-21(20)33-23(22)25-15-27(24)26-13-17-4-3-5-19(12-17)32-14-16-8-10-18(11-9-16)28(30)31/h3-5,8-13,15H,1-2,6-7,14H2/b26-13-. The second-order valence-corrected chi connectivity index (χ2v) is 8.90. The Morgan fingerprint density at radius 3 is 2.82 bits per heavy atom. The summed E-state index contributed by atoms with van der Waals surface area (Å²) < 4.78 is 7.09. The molecule has 0 atom stereocenters. The normalized spacial score (nSPS) is 13.3. The smallest absolute Gasteiger partial charge is 0.282 e. The summed E-state index contributed by atoms with van der Waals surface area (Å²) in [6.45, 7) is 0.280. The van der Waals surface area contributed by atoms with E-state index < -0.39 is 4.92 Å². The Morgan fingerprint density at radius 1 is 1.18 bits per heavy atom. The van der Waals surface area contributed by atoms with E-state index in [9.17, 15) is 14.9 Å². The number of thiophene rings is 1. The second kappa shape index (κ2) is 8.95. The third-order valence-corrected chi connectivity index (χ3v) is 6.80. The Morgan fingerprint density at radius 2 is 2.00 bits per heavy atom. The zero-order valence-corrected chi connectivity index (χ0v) is 18.5. The lowest BCUT2D eigenvalue weighted by molar-refractivity contribution is -0.384. The van der Waals surface area contributed by atoms with Gasteiger partial charge in [0.25, 0.3) is 11.2 Å². The summed E-state index contributed by atoms with van der Waals surface area (Å²) >= 11 is 1.62. The lowest BCUT2D eigenvalue weighted by atomic mass is 9.97. The number of aromatic nitrogens is 2. The molecule has 1 aliphatic rings. The highest BCUT2D eigenvalue weighted by atomic mass is 32.1. The molecule has 8 nitrogen and oxygen atoms in total. The maximum Gasteiger partial charge on any atom is 0.282 e. The van der Waals surface area contributed by atoms with Gasteiger partial charge in [-0.1, -0.05) is 12.1 Å².